The highest BCUT2D eigenvalue weighted by atomic mass is 16.2. The summed E-state index contributed by atoms with van der Waals surface area (Å²) in [4.78, 5) is 14.2. The molecular formula is C16H27N3O. The van der Waals surface area contributed by atoms with E-state index < -0.39 is 0 Å². The largest absolute Gasteiger partial charge is 0.330 e. The minimum absolute atomic E-state index is 0.0581. The fraction of sp³-hybridized carbons (Fsp3) is 0.562. The van der Waals surface area contributed by atoms with Gasteiger partial charge < -0.3 is 16.0 Å². The number of hydrogen-bond donors (Lipinski definition) is 2. The Morgan fingerprint density at radius 2 is 1.90 bits per heavy atom. The molecule has 0 aliphatic carbocycles. The molecule has 1 rings (SSSR count). The summed E-state index contributed by atoms with van der Waals surface area (Å²) in [5.41, 5.74) is 7.70. The molecule has 0 radical (unpaired) electrons. The fourth-order valence-corrected chi connectivity index (χ4v) is 1.94. The van der Waals surface area contributed by atoms with Gasteiger partial charge in [0.1, 0.15) is 0 Å². The second kappa shape index (κ2) is 7.29. The van der Waals surface area contributed by atoms with Gasteiger partial charge in [0.15, 0.2) is 0 Å². The van der Waals surface area contributed by atoms with Crippen LogP contribution in [-0.4, -0.2) is 30.6 Å². The van der Waals surface area contributed by atoms with Gasteiger partial charge in [0.2, 0.25) is 0 Å². The maximum Gasteiger partial charge on any atom is 0.321 e. The third-order valence-corrected chi connectivity index (χ3v) is 3.26. The van der Waals surface area contributed by atoms with Gasteiger partial charge in [-0.05, 0) is 37.4 Å². The van der Waals surface area contributed by atoms with Crippen molar-refractivity contribution in [3.05, 3.63) is 29.8 Å². The number of anilines is 1. The molecule has 20 heavy (non-hydrogen) atoms. The lowest BCUT2D eigenvalue weighted by atomic mass is 9.93. The van der Waals surface area contributed by atoms with Crippen LogP contribution in [0.1, 0.15) is 32.8 Å². The number of carbonyl (C=O) groups is 1. The predicted octanol–water partition coefficient (Wildman–Crippen LogP) is 3.22. The predicted molar refractivity (Wildman–Crippen MR) is 84.9 cm³/mol. The highest BCUT2D eigenvalue weighted by Gasteiger charge is 2.23. The number of amides is 2. The molecule has 0 aliphatic rings. The number of hydrogen-bond acceptors (Lipinski definition) is 2. The van der Waals surface area contributed by atoms with Crippen molar-refractivity contribution in [2.75, 3.05) is 25.0 Å². The van der Waals surface area contributed by atoms with E-state index in [9.17, 15) is 4.79 Å². The van der Waals surface area contributed by atoms with Crippen LogP contribution in [0, 0.1) is 12.3 Å². The molecule has 0 saturated carbocycles. The maximum atomic E-state index is 12.4. The molecule has 0 aliphatic heterocycles. The topological polar surface area (TPSA) is 58.4 Å². The van der Waals surface area contributed by atoms with Gasteiger partial charge in [-0.2, -0.15) is 0 Å². The van der Waals surface area contributed by atoms with Crippen LogP contribution in [0.3, 0.4) is 0 Å². The van der Waals surface area contributed by atoms with E-state index in [1.165, 1.54) is 5.56 Å². The molecule has 0 saturated heterocycles. The number of benzene rings is 1. The van der Waals surface area contributed by atoms with Crippen LogP contribution in [0.4, 0.5) is 10.5 Å². The quantitative estimate of drug-likeness (QED) is 0.838. The summed E-state index contributed by atoms with van der Waals surface area (Å²) in [7, 11) is 0. The first-order chi connectivity index (χ1) is 9.38. The number of rotatable bonds is 6. The van der Waals surface area contributed by atoms with Crippen LogP contribution < -0.4 is 11.1 Å². The van der Waals surface area contributed by atoms with Crippen molar-refractivity contribution in [3.8, 4) is 0 Å². The van der Waals surface area contributed by atoms with Crippen LogP contribution in [0.25, 0.3) is 0 Å². The zero-order chi connectivity index (χ0) is 15.2. The summed E-state index contributed by atoms with van der Waals surface area (Å²) < 4.78 is 0. The van der Waals surface area contributed by atoms with Crippen molar-refractivity contribution in [2.24, 2.45) is 11.1 Å². The summed E-state index contributed by atoms with van der Waals surface area (Å²) >= 11 is 0. The summed E-state index contributed by atoms with van der Waals surface area (Å²) in [5.74, 6) is 0. The number of carbonyl (C=O) groups excluding carboxylic acids is 1. The Morgan fingerprint density at radius 3 is 2.40 bits per heavy atom. The van der Waals surface area contributed by atoms with Crippen molar-refractivity contribution in [1.82, 2.24) is 4.90 Å². The van der Waals surface area contributed by atoms with Gasteiger partial charge in [0, 0.05) is 18.8 Å². The van der Waals surface area contributed by atoms with Gasteiger partial charge in [0.25, 0.3) is 0 Å². The molecular weight excluding hydrogens is 250 g/mol. The zero-order valence-electron chi connectivity index (χ0n) is 13.1. The fourth-order valence-electron chi connectivity index (χ4n) is 1.94. The van der Waals surface area contributed by atoms with E-state index in [1.807, 2.05) is 36.1 Å². The van der Waals surface area contributed by atoms with E-state index >= 15 is 0 Å². The molecule has 3 N–H and O–H groups in total. The first kappa shape index (κ1) is 16.5. The van der Waals surface area contributed by atoms with Gasteiger partial charge in [-0.25, -0.2) is 4.79 Å². The molecule has 2 amide bonds. The first-order valence-corrected chi connectivity index (χ1v) is 7.20. The molecule has 0 unspecified atom stereocenters. The van der Waals surface area contributed by atoms with E-state index in [4.69, 9.17) is 5.73 Å². The highest BCUT2D eigenvalue weighted by molar-refractivity contribution is 5.89. The molecule has 1 aromatic carbocycles. The molecule has 0 atom stereocenters. The zero-order valence-corrected chi connectivity index (χ0v) is 13.1. The number of nitrogens with two attached hydrogens (primary N) is 1. The highest BCUT2D eigenvalue weighted by Crippen LogP contribution is 2.17. The first-order valence-electron chi connectivity index (χ1n) is 7.20. The number of aryl methyl sites for hydroxylation is 1. The molecule has 1 aromatic rings. The molecule has 4 heteroatoms. The Bertz CT molecular complexity index is 426. The summed E-state index contributed by atoms with van der Waals surface area (Å²) in [6.07, 6.45) is 0.933. The van der Waals surface area contributed by atoms with Crippen molar-refractivity contribution in [3.63, 3.8) is 0 Å². The van der Waals surface area contributed by atoms with Crippen molar-refractivity contribution in [2.45, 2.75) is 34.1 Å². The third kappa shape index (κ3) is 5.21. The normalized spacial score (nSPS) is 11.2. The lowest BCUT2D eigenvalue weighted by Crippen LogP contribution is -2.44. The van der Waals surface area contributed by atoms with Crippen molar-refractivity contribution >= 4 is 11.7 Å². The standard InChI is InChI=1S/C16H27N3O/c1-5-10-19(12-16(3,4)11-17)15(20)18-14-8-6-13(2)7-9-14/h6-9H,5,10-12,17H2,1-4H3,(H,18,20). The smallest absolute Gasteiger partial charge is 0.321 e. The van der Waals surface area contributed by atoms with Crippen molar-refractivity contribution < 1.29 is 4.79 Å². The minimum Gasteiger partial charge on any atom is -0.330 e. The number of nitrogens with one attached hydrogen (secondary N) is 1. The number of nitrogens with zero attached hydrogens (tertiary/aromatic N) is 1. The van der Waals surface area contributed by atoms with Crippen LogP contribution in [0.15, 0.2) is 24.3 Å². The second-order valence-corrected chi connectivity index (χ2v) is 6.09. The summed E-state index contributed by atoms with van der Waals surface area (Å²) in [6.45, 7) is 10.2. The van der Waals surface area contributed by atoms with E-state index in [2.05, 4.69) is 26.1 Å². The monoisotopic (exact) mass is 277 g/mol. The third-order valence-electron chi connectivity index (χ3n) is 3.26. The lowest BCUT2D eigenvalue weighted by molar-refractivity contribution is 0.181. The van der Waals surface area contributed by atoms with Crippen molar-refractivity contribution in [1.29, 1.82) is 0 Å². The van der Waals surface area contributed by atoms with Gasteiger partial charge in [-0.15, -0.1) is 0 Å². The molecule has 0 heterocycles. The molecule has 4 nitrogen and oxygen atoms in total. The van der Waals surface area contributed by atoms with Crippen LogP contribution >= 0.6 is 0 Å². The van der Waals surface area contributed by atoms with E-state index in [0.29, 0.717) is 13.1 Å². The molecule has 112 valence electrons. The Labute approximate surface area is 122 Å². The van der Waals surface area contributed by atoms with E-state index in [0.717, 1.165) is 18.7 Å². The molecule has 0 fully saturated rings. The second-order valence-electron chi connectivity index (χ2n) is 6.09. The number of urea groups is 1. The summed E-state index contributed by atoms with van der Waals surface area (Å²) in [6, 6.07) is 7.77. The van der Waals surface area contributed by atoms with Crippen LogP contribution in [-0.2, 0) is 0 Å². The summed E-state index contributed by atoms with van der Waals surface area (Å²) in [5, 5.41) is 2.95. The van der Waals surface area contributed by atoms with Crippen LogP contribution in [0.5, 0.6) is 0 Å². The Hall–Kier alpha value is -1.55. The van der Waals surface area contributed by atoms with E-state index in [-0.39, 0.29) is 11.4 Å². The van der Waals surface area contributed by atoms with E-state index in [1.54, 1.807) is 0 Å². The average molecular weight is 277 g/mol. The molecule has 0 aromatic heterocycles. The molecule has 0 bridgehead atoms. The lowest BCUT2D eigenvalue weighted by Gasteiger charge is -2.31. The maximum absolute atomic E-state index is 12.4. The van der Waals surface area contributed by atoms with Crippen LogP contribution in [0.2, 0.25) is 0 Å². The van der Waals surface area contributed by atoms with Gasteiger partial charge in [0.05, 0.1) is 0 Å². The SMILES string of the molecule is CCCN(CC(C)(C)CN)C(=O)Nc1ccc(C)cc1. The Balaban J connectivity index is 2.71. The average Bonchev–Trinajstić information content (AvgIpc) is 2.40. The van der Waals surface area contributed by atoms with Gasteiger partial charge in [-0.3, -0.25) is 0 Å². The van der Waals surface area contributed by atoms with Gasteiger partial charge in [-0.1, -0.05) is 38.5 Å². The Kier molecular flexibility index (Phi) is 6.02. The van der Waals surface area contributed by atoms with Gasteiger partial charge >= 0.3 is 6.03 Å². The minimum atomic E-state index is -0.0697. The molecule has 0 spiro atoms. The Morgan fingerprint density at radius 1 is 1.30 bits per heavy atom.